The van der Waals surface area contributed by atoms with Crippen molar-refractivity contribution in [2.24, 2.45) is 5.92 Å². The highest BCUT2D eigenvalue weighted by molar-refractivity contribution is 6.37. The van der Waals surface area contributed by atoms with Gasteiger partial charge in [0.05, 0.1) is 29.1 Å². The number of carbonyl (C=O) groups is 2. The number of carbonyl (C=O) groups excluding carboxylic acids is 2. The van der Waals surface area contributed by atoms with Crippen LogP contribution < -0.4 is 16.0 Å². The number of amides is 1. The van der Waals surface area contributed by atoms with E-state index >= 15 is 0 Å². The molecule has 6 nitrogen and oxygen atoms in total. The first-order chi connectivity index (χ1) is 17.0. The number of benzene rings is 3. The SMILES string of the molecule is CCOC(=O)c1ccc2c(c1)NC(=O)/C2=C(\Nc1ccc(CNCC(C)C)cc1)c1ccccc1. The Morgan fingerprint density at radius 2 is 1.71 bits per heavy atom. The van der Waals surface area contributed by atoms with E-state index in [1.165, 1.54) is 5.56 Å². The van der Waals surface area contributed by atoms with Crippen molar-refractivity contribution in [3.63, 3.8) is 0 Å². The Labute approximate surface area is 206 Å². The second kappa shape index (κ2) is 11.0. The molecule has 1 aliphatic rings. The lowest BCUT2D eigenvalue weighted by Gasteiger charge is -2.15. The largest absolute Gasteiger partial charge is 0.462 e. The van der Waals surface area contributed by atoms with Gasteiger partial charge in [0.2, 0.25) is 0 Å². The van der Waals surface area contributed by atoms with Gasteiger partial charge < -0.3 is 20.7 Å². The van der Waals surface area contributed by atoms with Crippen molar-refractivity contribution in [3.8, 4) is 0 Å². The van der Waals surface area contributed by atoms with Crippen molar-refractivity contribution in [2.75, 3.05) is 23.8 Å². The van der Waals surface area contributed by atoms with Gasteiger partial charge in [-0.2, -0.15) is 0 Å². The van der Waals surface area contributed by atoms with E-state index in [1.807, 2.05) is 42.5 Å². The van der Waals surface area contributed by atoms with Crippen LogP contribution in [-0.2, 0) is 16.1 Å². The Morgan fingerprint density at radius 3 is 2.40 bits per heavy atom. The van der Waals surface area contributed by atoms with Crippen LogP contribution in [-0.4, -0.2) is 25.0 Å². The molecule has 3 N–H and O–H groups in total. The molecule has 1 aliphatic heterocycles. The maximum Gasteiger partial charge on any atom is 0.338 e. The summed E-state index contributed by atoms with van der Waals surface area (Å²) in [5.74, 6) is -0.0296. The molecule has 0 aliphatic carbocycles. The van der Waals surface area contributed by atoms with Crippen LogP contribution >= 0.6 is 0 Å². The molecule has 4 rings (SSSR count). The van der Waals surface area contributed by atoms with Crippen LogP contribution in [0.25, 0.3) is 11.3 Å². The Hall–Kier alpha value is -3.90. The van der Waals surface area contributed by atoms with Crippen molar-refractivity contribution in [2.45, 2.75) is 27.3 Å². The molecule has 0 unspecified atom stereocenters. The van der Waals surface area contributed by atoms with Crippen molar-refractivity contribution in [1.82, 2.24) is 5.32 Å². The van der Waals surface area contributed by atoms with Gasteiger partial charge in [0.25, 0.3) is 5.91 Å². The van der Waals surface area contributed by atoms with Gasteiger partial charge >= 0.3 is 5.97 Å². The summed E-state index contributed by atoms with van der Waals surface area (Å²) in [6, 6.07) is 23.1. The predicted octanol–water partition coefficient (Wildman–Crippen LogP) is 5.54. The molecule has 0 spiro atoms. The summed E-state index contributed by atoms with van der Waals surface area (Å²) >= 11 is 0. The number of anilines is 2. The Morgan fingerprint density at radius 1 is 0.971 bits per heavy atom. The van der Waals surface area contributed by atoms with Gasteiger partial charge in [-0.3, -0.25) is 4.79 Å². The molecule has 35 heavy (non-hydrogen) atoms. The summed E-state index contributed by atoms with van der Waals surface area (Å²) in [5.41, 5.74) is 5.95. The average Bonchev–Trinajstić information content (AvgIpc) is 3.18. The quantitative estimate of drug-likeness (QED) is 0.283. The van der Waals surface area contributed by atoms with Gasteiger partial charge in [-0.1, -0.05) is 62.4 Å². The lowest BCUT2D eigenvalue weighted by molar-refractivity contribution is -0.110. The normalized spacial score (nSPS) is 13.9. The summed E-state index contributed by atoms with van der Waals surface area (Å²) in [7, 11) is 0. The highest BCUT2D eigenvalue weighted by Gasteiger charge is 2.29. The Kier molecular flexibility index (Phi) is 7.63. The van der Waals surface area contributed by atoms with Crippen LogP contribution in [0, 0.1) is 5.92 Å². The Balaban J connectivity index is 1.67. The third-order valence-corrected chi connectivity index (χ3v) is 5.69. The summed E-state index contributed by atoms with van der Waals surface area (Å²) in [5, 5.41) is 9.84. The summed E-state index contributed by atoms with van der Waals surface area (Å²) in [4.78, 5) is 25.3. The fourth-order valence-corrected chi connectivity index (χ4v) is 4.00. The molecule has 0 radical (unpaired) electrons. The summed E-state index contributed by atoms with van der Waals surface area (Å²) in [6.45, 7) is 8.21. The van der Waals surface area contributed by atoms with Crippen LogP contribution in [0.5, 0.6) is 0 Å². The van der Waals surface area contributed by atoms with Crippen LogP contribution in [0.2, 0.25) is 0 Å². The highest BCUT2D eigenvalue weighted by Crippen LogP contribution is 2.38. The van der Waals surface area contributed by atoms with Crippen LogP contribution in [0.3, 0.4) is 0 Å². The first-order valence-electron chi connectivity index (χ1n) is 12.0. The first kappa shape index (κ1) is 24.2. The Bertz CT molecular complexity index is 1230. The molecule has 0 saturated carbocycles. The molecule has 1 amide bonds. The van der Waals surface area contributed by atoms with Crippen molar-refractivity contribution in [3.05, 3.63) is 95.1 Å². The van der Waals surface area contributed by atoms with Crippen molar-refractivity contribution < 1.29 is 14.3 Å². The molecule has 0 saturated heterocycles. The minimum Gasteiger partial charge on any atom is -0.462 e. The summed E-state index contributed by atoms with van der Waals surface area (Å²) < 4.78 is 5.10. The molecular weight excluding hydrogens is 438 g/mol. The fourth-order valence-electron chi connectivity index (χ4n) is 4.00. The molecule has 3 aromatic rings. The average molecular weight is 470 g/mol. The minimum atomic E-state index is -0.411. The van der Waals surface area contributed by atoms with Gasteiger partial charge in [-0.25, -0.2) is 4.79 Å². The third kappa shape index (κ3) is 5.78. The van der Waals surface area contributed by atoms with E-state index in [4.69, 9.17) is 4.74 Å². The number of esters is 1. The van der Waals surface area contributed by atoms with Gasteiger partial charge in [0.15, 0.2) is 0 Å². The maximum atomic E-state index is 13.1. The van der Waals surface area contributed by atoms with Crippen molar-refractivity contribution >= 4 is 34.5 Å². The standard InChI is InChI=1S/C29H31N3O3/c1-4-35-29(34)22-12-15-24-25(16-22)32-28(33)26(24)27(21-8-6-5-7-9-21)31-23-13-10-20(11-14-23)18-30-17-19(2)3/h5-16,19,30-31H,4,17-18H2,1-3H3,(H,32,33)/b27-26-. The zero-order valence-corrected chi connectivity index (χ0v) is 20.4. The number of hydrogen-bond donors (Lipinski definition) is 3. The van der Waals surface area contributed by atoms with Gasteiger partial charge in [-0.15, -0.1) is 0 Å². The molecule has 0 aromatic heterocycles. The van der Waals surface area contributed by atoms with Crippen LogP contribution in [0.15, 0.2) is 72.8 Å². The number of fused-ring (bicyclic) bond motifs is 1. The summed E-state index contributed by atoms with van der Waals surface area (Å²) in [6.07, 6.45) is 0. The monoisotopic (exact) mass is 469 g/mol. The van der Waals surface area contributed by atoms with Crippen LogP contribution in [0.4, 0.5) is 11.4 Å². The predicted molar refractivity (Wildman–Crippen MR) is 141 cm³/mol. The second-order valence-electron chi connectivity index (χ2n) is 8.90. The molecule has 6 heteroatoms. The molecule has 180 valence electrons. The second-order valence-corrected chi connectivity index (χ2v) is 8.90. The van der Waals surface area contributed by atoms with Gasteiger partial charge in [-0.05, 0) is 54.8 Å². The van der Waals surface area contributed by atoms with E-state index < -0.39 is 5.97 Å². The number of hydrogen-bond acceptors (Lipinski definition) is 5. The van der Waals surface area contributed by atoms with E-state index in [9.17, 15) is 9.59 Å². The minimum absolute atomic E-state index is 0.220. The highest BCUT2D eigenvalue weighted by atomic mass is 16.5. The molecule has 1 heterocycles. The topological polar surface area (TPSA) is 79.5 Å². The smallest absolute Gasteiger partial charge is 0.338 e. The maximum absolute atomic E-state index is 13.1. The molecule has 3 aromatic carbocycles. The van der Waals surface area contributed by atoms with Gasteiger partial charge in [0.1, 0.15) is 0 Å². The molecule has 0 fully saturated rings. The van der Waals surface area contributed by atoms with Crippen LogP contribution in [0.1, 0.15) is 47.8 Å². The third-order valence-electron chi connectivity index (χ3n) is 5.69. The number of nitrogens with one attached hydrogen (secondary N) is 3. The van der Waals surface area contributed by atoms with Gasteiger partial charge in [0, 0.05) is 17.8 Å². The van der Waals surface area contributed by atoms with E-state index in [1.54, 1.807) is 25.1 Å². The van der Waals surface area contributed by atoms with E-state index in [0.717, 1.165) is 29.9 Å². The molecule has 0 bridgehead atoms. The van der Waals surface area contributed by atoms with E-state index in [-0.39, 0.29) is 5.91 Å². The molecular formula is C29H31N3O3. The lowest BCUT2D eigenvalue weighted by atomic mass is 9.99. The van der Waals surface area contributed by atoms with Crippen molar-refractivity contribution in [1.29, 1.82) is 0 Å². The fraction of sp³-hybridized carbons (Fsp3) is 0.241. The number of ether oxygens (including phenoxy) is 1. The zero-order valence-electron chi connectivity index (χ0n) is 20.4. The first-order valence-corrected chi connectivity index (χ1v) is 12.0. The van der Waals surface area contributed by atoms with E-state index in [2.05, 4.69) is 41.9 Å². The lowest BCUT2D eigenvalue weighted by Crippen LogP contribution is -2.18. The number of rotatable bonds is 9. The van der Waals surface area contributed by atoms with E-state index in [0.29, 0.717) is 35.0 Å². The zero-order chi connectivity index (χ0) is 24.8. The molecule has 0 atom stereocenters.